The van der Waals surface area contributed by atoms with E-state index in [9.17, 15) is 18.3 Å². The van der Waals surface area contributed by atoms with Crippen LogP contribution in [0.4, 0.5) is 13.2 Å². The fraction of sp³-hybridized carbons (Fsp3) is 0.200. The number of hydrogen-bond donors (Lipinski definition) is 0. The van der Waals surface area contributed by atoms with Gasteiger partial charge < -0.3 is 0 Å². The van der Waals surface area contributed by atoms with Gasteiger partial charge >= 0.3 is 6.18 Å². The van der Waals surface area contributed by atoms with E-state index < -0.39 is 11.7 Å². The van der Waals surface area contributed by atoms with Crippen molar-refractivity contribution >= 4 is 6.08 Å². The zero-order valence-electron chi connectivity index (χ0n) is 7.21. The summed E-state index contributed by atoms with van der Waals surface area (Å²) in [6, 6.07) is 4.64. The van der Waals surface area contributed by atoms with Crippen LogP contribution in [0.1, 0.15) is 11.1 Å². The average Bonchev–Trinajstić information content (AvgIpc) is 2.14. The standard InChI is InChI=1S/C10H8F3O/c11-10(12,13)9-5-3-8(4-6-9)2-1-7-14/h1-6H,7H2/b2-1+. The highest BCUT2D eigenvalue weighted by Gasteiger charge is 2.29. The van der Waals surface area contributed by atoms with Gasteiger partial charge in [-0.25, -0.2) is 5.11 Å². The van der Waals surface area contributed by atoms with Crippen LogP contribution in [-0.4, -0.2) is 6.61 Å². The highest BCUT2D eigenvalue weighted by atomic mass is 19.4. The summed E-state index contributed by atoms with van der Waals surface area (Å²) in [5.74, 6) is 0. The van der Waals surface area contributed by atoms with E-state index in [0.29, 0.717) is 5.56 Å². The van der Waals surface area contributed by atoms with Crippen LogP contribution in [0.5, 0.6) is 0 Å². The van der Waals surface area contributed by atoms with Gasteiger partial charge in [0.2, 0.25) is 0 Å². The fourth-order valence-corrected chi connectivity index (χ4v) is 0.967. The third kappa shape index (κ3) is 2.88. The van der Waals surface area contributed by atoms with Gasteiger partial charge in [-0.05, 0) is 17.7 Å². The maximum Gasteiger partial charge on any atom is 0.416 e. The maximum absolute atomic E-state index is 12.1. The third-order valence-electron chi connectivity index (χ3n) is 1.64. The Labute approximate surface area is 79.5 Å². The molecule has 75 valence electrons. The van der Waals surface area contributed by atoms with Gasteiger partial charge in [-0.3, -0.25) is 0 Å². The summed E-state index contributed by atoms with van der Waals surface area (Å²) < 4.78 is 36.3. The molecular weight excluding hydrogens is 193 g/mol. The minimum atomic E-state index is -4.30. The van der Waals surface area contributed by atoms with Crippen LogP contribution < -0.4 is 0 Å². The Hall–Kier alpha value is -1.29. The van der Waals surface area contributed by atoms with Crippen LogP contribution in [0.2, 0.25) is 0 Å². The molecule has 0 bridgehead atoms. The highest BCUT2D eigenvalue weighted by Crippen LogP contribution is 2.29. The lowest BCUT2D eigenvalue weighted by atomic mass is 10.1. The average molecular weight is 201 g/mol. The third-order valence-corrected chi connectivity index (χ3v) is 1.64. The zero-order chi connectivity index (χ0) is 10.6. The Morgan fingerprint density at radius 1 is 1.14 bits per heavy atom. The monoisotopic (exact) mass is 201 g/mol. The maximum atomic E-state index is 12.1. The van der Waals surface area contributed by atoms with Gasteiger partial charge in [0.25, 0.3) is 0 Å². The van der Waals surface area contributed by atoms with Crippen LogP contribution in [0, 0.1) is 0 Å². The van der Waals surface area contributed by atoms with E-state index in [2.05, 4.69) is 0 Å². The van der Waals surface area contributed by atoms with Crippen LogP contribution in [-0.2, 0) is 11.3 Å². The van der Waals surface area contributed by atoms with Crippen LogP contribution in [0.25, 0.3) is 6.08 Å². The second-order valence-electron chi connectivity index (χ2n) is 2.69. The van der Waals surface area contributed by atoms with E-state index in [1.54, 1.807) is 0 Å². The normalized spacial score (nSPS) is 12.3. The molecule has 1 rings (SSSR count). The topological polar surface area (TPSA) is 19.9 Å². The summed E-state index contributed by atoms with van der Waals surface area (Å²) in [5, 5.41) is 10.1. The summed E-state index contributed by atoms with van der Waals surface area (Å²) in [4.78, 5) is 0. The van der Waals surface area contributed by atoms with E-state index in [1.807, 2.05) is 0 Å². The Morgan fingerprint density at radius 3 is 2.14 bits per heavy atom. The number of hydrogen-bond acceptors (Lipinski definition) is 0. The molecule has 0 atom stereocenters. The molecule has 1 aromatic rings. The molecule has 0 saturated heterocycles. The first-order valence-electron chi connectivity index (χ1n) is 3.96. The van der Waals surface area contributed by atoms with Gasteiger partial charge in [0.15, 0.2) is 0 Å². The minimum absolute atomic E-state index is 0.374. The zero-order valence-corrected chi connectivity index (χ0v) is 7.21. The second-order valence-corrected chi connectivity index (χ2v) is 2.69. The molecule has 1 aromatic carbocycles. The lowest BCUT2D eigenvalue weighted by Gasteiger charge is -2.05. The molecule has 4 heteroatoms. The van der Waals surface area contributed by atoms with Crippen LogP contribution in [0.3, 0.4) is 0 Å². The van der Waals surface area contributed by atoms with Crippen molar-refractivity contribution in [1.29, 1.82) is 0 Å². The van der Waals surface area contributed by atoms with E-state index in [-0.39, 0.29) is 6.61 Å². The Balaban J connectivity index is 2.84. The highest BCUT2D eigenvalue weighted by molar-refractivity contribution is 5.49. The number of halogens is 3. The molecule has 1 nitrogen and oxygen atoms in total. The number of alkyl halides is 3. The molecule has 0 fully saturated rings. The van der Waals surface area contributed by atoms with Crippen molar-refractivity contribution in [2.24, 2.45) is 0 Å². The molecule has 0 aliphatic carbocycles. The van der Waals surface area contributed by atoms with Crippen molar-refractivity contribution in [2.75, 3.05) is 6.61 Å². The predicted molar refractivity (Wildman–Crippen MR) is 46.0 cm³/mol. The summed E-state index contributed by atoms with van der Waals surface area (Å²) in [5.41, 5.74) is -0.0920. The van der Waals surface area contributed by atoms with Crippen molar-refractivity contribution < 1.29 is 18.3 Å². The van der Waals surface area contributed by atoms with Gasteiger partial charge in [-0.15, -0.1) is 0 Å². The van der Waals surface area contributed by atoms with Crippen molar-refractivity contribution in [2.45, 2.75) is 6.18 Å². The molecule has 0 spiro atoms. The Morgan fingerprint density at radius 2 is 1.71 bits per heavy atom. The van der Waals surface area contributed by atoms with E-state index in [0.717, 1.165) is 12.1 Å². The van der Waals surface area contributed by atoms with Gasteiger partial charge in [0, 0.05) is 0 Å². The summed E-state index contributed by atoms with van der Waals surface area (Å²) >= 11 is 0. The first-order valence-corrected chi connectivity index (χ1v) is 3.96. The first-order chi connectivity index (χ1) is 6.54. The summed E-state index contributed by atoms with van der Waals surface area (Å²) in [6.07, 6.45) is -1.46. The molecule has 0 unspecified atom stereocenters. The lowest BCUT2D eigenvalue weighted by molar-refractivity contribution is -0.137. The molecule has 0 aromatic heterocycles. The van der Waals surface area contributed by atoms with Gasteiger partial charge in [-0.1, -0.05) is 24.3 Å². The van der Waals surface area contributed by atoms with E-state index in [1.165, 1.54) is 24.3 Å². The molecule has 0 aliphatic heterocycles. The molecule has 0 aliphatic rings. The van der Waals surface area contributed by atoms with Crippen LogP contribution >= 0.6 is 0 Å². The largest absolute Gasteiger partial charge is 0.416 e. The minimum Gasteiger partial charge on any atom is -0.232 e. The van der Waals surface area contributed by atoms with Crippen LogP contribution in [0.15, 0.2) is 30.3 Å². The van der Waals surface area contributed by atoms with E-state index >= 15 is 0 Å². The first kappa shape index (κ1) is 10.8. The summed E-state index contributed by atoms with van der Waals surface area (Å²) in [6.45, 7) is -0.374. The molecule has 0 amide bonds. The lowest BCUT2D eigenvalue weighted by Crippen LogP contribution is -2.03. The smallest absolute Gasteiger partial charge is 0.232 e. The molecule has 1 radical (unpaired) electrons. The van der Waals surface area contributed by atoms with Crippen molar-refractivity contribution in [3.63, 3.8) is 0 Å². The van der Waals surface area contributed by atoms with Gasteiger partial charge in [-0.2, -0.15) is 13.2 Å². The van der Waals surface area contributed by atoms with E-state index in [4.69, 9.17) is 0 Å². The van der Waals surface area contributed by atoms with Gasteiger partial charge in [0.05, 0.1) is 5.56 Å². The van der Waals surface area contributed by atoms with Crippen molar-refractivity contribution in [3.8, 4) is 0 Å². The molecular formula is C10H8F3O. The van der Waals surface area contributed by atoms with Crippen molar-refractivity contribution in [1.82, 2.24) is 0 Å². The number of rotatable bonds is 2. The Kier molecular flexibility index (Phi) is 3.30. The molecule has 0 heterocycles. The Bertz CT molecular complexity index is 311. The van der Waals surface area contributed by atoms with Gasteiger partial charge in [0.1, 0.15) is 6.61 Å². The summed E-state index contributed by atoms with van der Waals surface area (Å²) in [7, 11) is 0. The second kappa shape index (κ2) is 4.28. The SMILES string of the molecule is [O]C/C=C/c1ccc(C(F)(F)F)cc1. The molecule has 0 N–H and O–H groups in total. The number of benzene rings is 1. The van der Waals surface area contributed by atoms with Crippen molar-refractivity contribution in [3.05, 3.63) is 41.5 Å². The predicted octanol–water partition coefficient (Wildman–Crippen LogP) is 3.15. The quantitative estimate of drug-likeness (QED) is 0.700. The molecule has 0 saturated carbocycles. The fourth-order valence-electron chi connectivity index (χ4n) is 0.967. The molecule has 14 heavy (non-hydrogen) atoms.